The summed E-state index contributed by atoms with van der Waals surface area (Å²) < 4.78 is 37.4. The molecular formula is C10H14F3N3S. The molecule has 0 radical (unpaired) electrons. The van der Waals surface area contributed by atoms with E-state index in [2.05, 4.69) is 10.3 Å². The normalized spacial score (nSPS) is 16.2. The summed E-state index contributed by atoms with van der Waals surface area (Å²) in [5, 5.41) is 5.22. The lowest BCUT2D eigenvalue weighted by Crippen LogP contribution is -2.35. The molecule has 1 aromatic rings. The molecule has 1 fully saturated rings. The number of alkyl halides is 3. The van der Waals surface area contributed by atoms with E-state index in [-0.39, 0.29) is 6.04 Å². The molecule has 0 amide bonds. The van der Waals surface area contributed by atoms with Crippen molar-refractivity contribution < 1.29 is 13.2 Å². The molecule has 0 saturated heterocycles. The third kappa shape index (κ3) is 3.57. The Balaban J connectivity index is 2.09. The minimum atomic E-state index is -4.17. The van der Waals surface area contributed by atoms with Crippen molar-refractivity contribution >= 4 is 16.5 Å². The van der Waals surface area contributed by atoms with E-state index in [1.54, 1.807) is 12.4 Å². The van der Waals surface area contributed by atoms with Gasteiger partial charge in [0.25, 0.3) is 0 Å². The number of aromatic nitrogens is 1. The number of hydrogen-bond acceptors (Lipinski definition) is 4. The van der Waals surface area contributed by atoms with Crippen LogP contribution >= 0.6 is 11.3 Å². The van der Waals surface area contributed by atoms with E-state index in [1.807, 2.05) is 0 Å². The van der Waals surface area contributed by atoms with Crippen LogP contribution in [0, 0.1) is 0 Å². The van der Waals surface area contributed by atoms with E-state index in [4.69, 9.17) is 0 Å². The van der Waals surface area contributed by atoms with Crippen molar-refractivity contribution in [3.63, 3.8) is 0 Å². The molecular weight excluding hydrogens is 251 g/mol. The van der Waals surface area contributed by atoms with Crippen molar-refractivity contribution in [2.75, 3.05) is 18.5 Å². The number of nitrogens with one attached hydrogen (secondary N) is 1. The molecule has 0 unspecified atom stereocenters. The Hall–Kier alpha value is -0.820. The van der Waals surface area contributed by atoms with E-state index in [1.165, 1.54) is 16.2 Å². The number of rotatable bonds is 5. The van der Waals surface area contributed by atoms with Crippen LogP contribution in [0.4, 0.5) is 18.3 Å². The van der Waals surface area contributed by atoms with Crippen molar-refractivity contribution in [2.24, 2.45) is 0 Å². The molecule has 0 atom stereocenters. The summed E-state index contributed by atoms with van der Waals surface area (Å²) in [4.78, 5) is 5.61. The van der Waals surface area contributed by atoms with Gasteiger partial charge in [0.15, 0.2) is 5.13 Å². The molecule has 1 aliphatic rings. The Bertz CT molecular complexity index is 373. The Morgan fingerprint density at radius 1 is 1.53 bits per heavy atom. The quantitative estimate of drug-likeness (QED) is 0.886. The highest BCUT2D eigenvalue weighted by molar-refractivity contribution is 7.13. The van der Waals surface area contributed by atoms with Gasteiger partial charge in [-0.3, -0.25) is 0 Å². The Morgan fingerprint density at radius 3 is 2.76 bits per heavy atom. The van der Waals surface area contributed by atoms with Crippen LogP contribution in [0.1, 0.15) is 18.5 Å². The van der Waals surface area contributed by atoms with E-state index in [0.717, 1.165) is 18.5 Å². The van der Waals surface area contributed by atoms with Gasteiger partial charge in [0, 0.05) is 18.0 Å². The highest BCUT2D eigenvalue weighted by Crippen LogP contribution is 2.35. The van der Waals surface area contributed by atoms with Gasteiger partial charge >= 0.3 is 6.18 Å². The maximum atomic E-state index is 12.5. The van der Waals surface area contributed by atoms with Gasteiger partial charge in [-0.15, -0.1) is 11.3 Å². The molecule has 0 spiro atoms. The summed E-state index contributed by atoms with van der Waals surface area (Å²) in [5.41, 5.74) is 0.792. The lowest BCUT2D eigenvalue weighted by Gasteiger charge is -2.22. The third-order valence-corrected chi connectivity index (χ3v) is 3.41. The molecule has 0 aromatic carbocycles. The van der Waals surface area contributed by atoms with Gasteiger partial charge in [-0.1, -0.05) is 0 Å². The molecule has 0 bridgehead atoms. The summed E-state index contributed by atoms with van der Waals surface area (Å²) in [6.07, 6.45) is -2.51. The Morgan fingerprint density at radius 2 is 2.24 bits per heavy atom. The summed E-state index contributed by atoms with van der Waals surface area (Å²) in [7, 11) is 1.79. The van der Waals surface area contributed by atoms with Crippen molar-refractivity contribution in [1.82, 2.24) is 10.3 Å². The number of hydrogen-bond donors (Lipinski definition) is 1. The third-order valence-electron chi connectivity index (χ3n) is 2.48. The molecule has 0 aliphatic heterocycles. The van der Waals surface area contributed by atoms with E-state index in [9.17, 15) is 13.2 Å². The molecule has 1 N–H and O–H groups in total. The van der Waals surface area contributed by atoms with E-state index in [0.29, 0.717) is 11.7 Å². The highest BCUT2D eigenvalue weighted by atomic mass is 32.1. The standard InChI is InChI=1S/C10H14F3N3S/c1-14-4-7-5-17-9(15-7)16(8-2-3-8)6-10(11,12)13/h5,8,14H,2-4,6H2,1H3. The van der Waals surface area contributed by atoms with Crippen molar-refractivity contribution in [2.45, 2.75) is 31.6 Å². The largest absolute Gasteiger partial charge is 0.406 e. The molecule has 3 nitrogen and oxygen atoms in total. The lowest BCUT2D eigenvalue weighted by molar-refractivity contribution is -0.120. The summed E-state index contributed by atoms with van der Waals surface area (Å²) >= 11 is 1.28. The molecule has 7 heteroatoms. The number of anilines is 1. The number of thiazole rings is 1. The van der Waals surface area contributed by atoms with Crippen LogP contribution in [-0.2, 0) is 6.54 Å². The average Bonchev–Trinajstić information content (AvgIpc) is 2.95. The minimum Gasteiger partial charge on any atom is -0.336 e. The molecule has 2 rings (SSSR count). The Labute approximate surface area is 102 Å². The van der Waals surface area contributed by atoms with Crippen LogP contribution < -0.4 is 10.2 Å². The molecule has 96 valence electrons. The van der Waals surface area contributed by atoms with Crippen molar-refractivity contribution in [3.05, 3.63) is 11.1 Å². The molecule has 1 saturated carbocycles. The van der Waals surface area contributed by atoms with Crippen LogP contribution in [-0.4, -0.2) is 30.8 Å². The first-order valence-electron chi connectivity index (χ1n) is 5.42. The summed E-state index contributed by atoms with van der Waals surface area (Å²) in [6.45, 7) is -0.314. The van der Waals surface area contributed by atoms with Crippen LogP contribution in [0.2, 0.25) is 0 Å². The van der Waals surface area contributed by atoms with Crippen molar-refractivity contribution in [1.29, 1.82) is 0 Å². The average molecular weight is 265 g/mol. The molecule has 1 aliphatic carbocycles. The SMILES string of the molecule is CNCc1csc(N(CC(F)(F)F)C2CC2)n1. The highest BCUT2D eigenvalue weighted by Gasteiger charge is 2.39. The van der Waals surface area contributed by atoms with Crippen molar-refractivity contribution in [3.8, 4) is 0 Å². The van der Waals surface area contributed by atoms with Gasteiger partial charge < -0.3 is 10.2 Å². The fourth-order valence-corrected chi connectivity index (χ4v) is 2.52. The first-order chi connectivity index (χ1) is 7.99. The Kier molecular flexibility index (Phi) is 3.58. The predicted molar refractivity (Wildman–Crippen MR) is 61.3 cm³/mol. The smallest absolute Gasteiger partial charge is 0.336 e. The fraction of sp³-hybridized carbons (Fsp3) is 0.700. The zero-order valence-electron chi connectivity index (χ0n) is 9.42. The van der Waals surface area contributed by atoms with Gasteiger partial charge in [-0.2, -0.15) is 13.2 Å². The van der Waals surface area contributed by atoms with Gasteiger partial charge in [0.1, 0.15) is 6.54 Å². The molecule has 17 heavy (non-hydrogen) atoms. The molecule has 1 aromatic heterocycles. The van der Waals surface area contributed by atoms with Crippen LogP contribution in [0.5, 0.6) is 0 Å². The second-order valence-corrected chi connectivity index (χ2v) is 4.96. The zero-order chi connectivity index (χ0) is 12.5. The van der Waals surface area contributed by atoms with E-state index < -0.39 is 12.7 Å². The topological polar surface area (TPSA) is 28.2 Å². The first-order valence-corrected chi connectivity index (χ1v) is 6.30. The number of nitrogens with zero attached hydrogens (tertiary/aromatic N) is 2. The second kappa shape index (κ2) is 4.81. The van der Waals surface area contributed by atoms with Gasteiger partial charge in [-0.25, -0.2) is 4.98 Å². The van der Waals surface area contributed by atoms with Crippen LogP contribution in [0.25, 0.3) is 0 Å². The van der Waals surface area contributed by atoms with Gasteiger partial charge in [-0.05, 0) is 19.9 Å². The maximum Gasteiger partial charge on any atom is 0.406 e. The zero-order valence-corrected chi connectivity index (χ0v) is 10.2. The van der Waals surface area contributed by atoms with E-state index >= 15 is 0 Å². The van der Waals surface area contributed by atoms with Crippen LogP contribution in [0.3, 0.4) is 0 Å². The summed E-state index contributed by atoms with van der Waals surface area (Å²) in [5.74, 6) is 0. The molecule has 1 heterocycles. The van der Waals surface area contributed by atoms with Gasteiger partial charge in [0.05, 0.1) is 5.69 Å². The second-order valence-electron chi connectivity index (χ2n) is 4.13. The van der Waals surface area contributed by atoms with Gasteiger partial charge in [0.2, 0.25) is 0 Å². The van der Waals surface area contributed by atoms with Crippen LogP contribution in [0.15, 0.2) is 5.38 Å². The lowest BCUT2D eigenvalue weighted by atomic mass is 10.5. The summed E-state index contributed by atoms with van der Waals surface area (Å²) in [6, 6.07) is 0.0187. The number of halogens is 3. The fourth-order valence-electron chi connectivity index (χ4n) is 1.62. The maximum absolute atomic E-state index is 12.5. The predicted octanol–water partition coefficient (Wildman–Crippen LogP) is 2.39. The first kappa shape index (κ1) is 12.6. The monoisotopic (exact) mass is 265 g/mol. The minimum absolute atomic E-state index is 0.0187.